The van der Waals surface area contributed by atoms with Gasteiger partial charge in [0.15, 0.2) is 67.7 Å². The summed E-state index contributed by atoms with van der Waals surface area (Å²) in [6.45, 7) is 1.47. The van der Waals surface area contributed by atoms with E-state index in [0.29, 0.717) is 23.0 Å². The summed E-state index contributed by atoms with van der Waals surface area (Å²) in [7, 11) is 6.77. The minimum Gasteiger partial charge on any atom is -0.497 e. The zero-order chi connectivity index (χ0) is 73.9. The molecule has 3 aliphatic heterocycles. The summed E-state index contributed by atoms with van der Waals surface area (Å²) in [5, 5.41) is 0. The van der Waals surface area contributed by atoms with Crippen molar-refractivity contribution >= 4 is 59.7 Å². The molecule has 30 nitrogen and oxygen atoms in total. The molecule has 3 heterocycles. The van der Waals surface area contributed by atoms with Crippen molar-refractivity contribution in [2.45, 2.75) is 120 Å². The first-order valence-electron chi connectivity index (χ1n) is 31.9. The Kier molecular flexibility index (Phi) is 26.6. The van der Waals surface area contributed by atoms with Crippen molar-refractivity contribution in [1.29, 1.82) is 0 Å². The molecule has 6 aromatic carbocycles. The van der Waals surface area contributed by atoms with E-state index < -0.39 is 172 Å². The molecule has 3 aliphatic rings. The zero-order valence-corrected chi connectivity index (χ0v) is 57.0. The number of esters is 10. The normalized spacial score (nSPS) is 24.2. The number of rotatable bonds is 28. The Morgan fingerprint density at radius 1 is 0.282 bits per heavy atom. The maximum Gasteiger partial charge on any atom is 0.338 e. The fourth-order valence-corrected chi connectivity index (χ4v) is 11.1. The highest BCUT2D eigenvalue weighted by Crippen LogP contribution is 2.39. The first-order valence-corrected chi connectivity index (χ1v) is 31.9. The molecule has 546 valence electrons. The lowest BCUT2D eigenvalue weighted by molar-refractivity contribution is -0.364. The predicted octanol–water partition coefficient (Wildman–Crippen LogP) is 6.59. The maximum atomic E-state index is 14.9. The van der Waals surface area contributed by atoms with Gasteiger partial charge >= 0.3 is 59.7 Å². The molecule has 0 radical (unpaired) electrons. The molecule has 0 amide bonds. The third-order valence-corrected chi connectivity index (χ3v) is 16.0. The average molecular weight is 1430 g/mol. The Hall–Kier alpha value is -11.0. The van der Waals surface area contributed by atoms with Crippen LogP contribution in [0.5, 0.6) is 23.0 Å². The van der Waals surface area contributed by atoms with Gasteiger partial charge in [-0.3, -0.25) is 19.2 Å². The first-order chi connectivity index (χ1) is 49.6. The highest BCUT2D eigenvalue weighted by Gasteiger charge is 2.59. The van der Waals surface area contributed by atoms with Crippen molar-refractivity contribution in [2.75, 3.05) is 55.4 Å². The highest BCUT2D eigenvalue weighted by atomic mass is 16.8. The molecule has 0 N–H and O–H groups in total. The third kappa shape index (κ3) is 20.0. The van der Waals surface area contributed by atoms with Crippen LogP contribution in [0.2, 0.25) is 0 Å². The van der Waals surface area contributed by atoms with E-state index in [1.165, 1.54) is 162 Å². The van der Waals surface area contributed by atoms with Crippen LogP contribution in [0.25, 0.3) is 0 Å². The number of carbonyl (C=O) groups is 10. The Balaban J connectivity index is 1.22. The summed E-state index contributed by atoms with van der Waals surface area (Å²) in [5.41, 5.74) is -0.404. The van der Waals surface area contributed by atoms with E-state index in [1.807, 2.05) is 0 Å². The molecular formula is C73H74O30. The molecule has 0 unspecified atom stereocenters. The molecule has 0 aliphatic carbocycles. The Morgan fingerprint density at radius 2 is 0.573 bits per heavy atom. The summed E-state index contributed by atoms with van der Waals surface area (Å²) in [6.07, 6.45) is -28.8. The van der Waals surface area contributed by atoms with Gasteiger partial charge in [0, 0.05) is 34.8 Å². The number of ether oxygens (including phenoxy) is 20. The fraction of sp³-hybridized carbons (Fsp3) is 0.370. The molecule has 6 aromatic rings. The molecule has 0 spiro atoms. The summed E-state index contributed by atoms with van der Waals surface area (Å²) in [6, 6.07) is 37.6. The van der Waals surface area contributed by atoms with Gasteiger partial charge in [-0.05, 0) is 121 Å². The Bertz CT molecular complexity index is 3890. The molecule has 3 fully saturated rings. The van der Waals surface area contributed by atoms with Crippen molar-refractivity contribution in [3.05, 3.63) is 191 Å². The van der Waals surface area contributed by atoms with Crippen LogP contribution in [-0.2, 0) is 95.0 Å². The van der Waals surface area contributed by atoms with Crippen LogP contribution in [0.3, 0.4) is 0 Å². The SMILES string of the molecule is COc1ccc(C(=O)OC[C@H]2O[C@@H](OC[C@H]3O[C@H](OC)[C@H](OC(=O)c4ccccc4)[C@@H](OC(=O)c4ccccc4)[C@@H]3O[C@@H]3O[C@H](COC(C)=O)[C@@H](OC(C)=O)[C@H](OC(C)=O)[C@H]3OC(C)=O)[C@H](OC(=O)c3ccc(OC)cc3)[C@@H](OC(=O)c3ccc(OC)cc3)[C@@H]2OC(=O)c2ccc(OC)cc2)cc1. The van der Waals surface area contributed by atoms with Crippen molar-refractivity contribution in [3.8, 4) is 23.0 Å². The van der Waals surface area contributed by atoms with Gasteiger partial charge in [0.2, 0.25) is 0 Å². The molecule has 9 rings (SSSR count). The van der Waals surface area contributed by atoms with E-state index in [9.17, 15) is 47.9 Å². The molecule has 0 saturated carbocycles. The molecule has 0 bridgehead atoms. The van der Waals surface area contributed by atoms with Crippen LogP contribution in [0.15, 0.2) is 158 Å². The fourth-order valence-electron chi connectivity index (χ4n) is 11.1. The maximum absolute atomic E-state index is 14.9. The molecule has 30 heteroatoms. The Morgan fingerprint density at radius 3 is 0.971 bits per heavy atom. The molecule has 103 heavy (non-hydrogen) atoms. The molecule has 0 aromatic heterocycles. The second-order valence-electron chi connectivity index (χ2n) is 22.9. The largest absolute Gasteiger partial charge is 0.497 e. The van der Waals surface area contributed by atoms with Crippen LogP contribution in [0.1, 0.15) is 89.8 Å². The van der Waals surface area contributed by atoms with Gasteiger partial charge in [-0.25, -0.2) is 28.8 Å². The van der Waals surface area contributed by atoms with Gasteiger partial charge in [0.25, 0.3) is 0 Å². The number of benzene rings is 6. The lowest BCUT2D eigenvalue weighted by atomic mass is 9.95. The van der Waals surface area contributed by atoms with E-state index in [4.69, 9.17) is 94.7 Å². The standard InChI is InChI=1S/C73H74O30/c1-39(74)89-36-53-56(92-40(2)75)59(93-41(3)76)64(94-42(4)77)73(97-53)103-58-55(95-71(88-9)62(101-67(80)44-18-14-11-15-19-44)61(58)100-66(79)43-16-12-10-13-17-43)38-91-72-63(102-70(83)48-26-34-52(87-8)35-27-48)60(99-69(82)47-24-32-51(86-7)33-25-47)57(98-68(81)46-22-30-50(85-6)31-23-46)54(96-72)37-90-65(78)45-20-28-49(84-5)29-21-45/h10-35,53-64,71-73H,36-38H2,1-9H3/t53-,54-,55-,56-,57-,58-,59+,60+,61+,62-,63-,64-,71+,72-,73+/m1/s1. The minimum atomic E-state index is -2.12. The lowest BCUT2D eigenvalue weighted by Crippen LogP contribution is -2.67. The van der Waals surface area contributed by atoms with Gasteiger partial charge in [-0.15, -0.1) is 0 Å². The van der Waals surface area contributed by atoms with Gasteiger partial charge in [-0.1, -0.05) is 36.4 Å². The average Bonchev–Trinajstić information content (AvgIpc) is 0.785. The smallest absolute Gasteiger partial charge is 0.338 e. The van der Waals surface area contributed by atoms with Crippen molar-refractivity contribution < 1.29 is 143 Å². The predicted molar refractivity (Wildman–Crippen MR) is 348 cm³/mol. The number of carbonyl (C=O) groups excluding carboxylic acids is 10. The molecule has 15 atom stereocenters. The van der Waals surface area contributed by atoms with Crippen LogP contribution >= 0.6 is 0 Å². The highest BCUT2D eigenvalue weighted by molar-refractivity contribution is 5.93. The van der Waals surface area contributed by atoms with Crippen molar-refractivity contribution in [3.63, 3.8) is 0 Å². The zero-order valence-electron chi connectivity index (χ0n) is 57.0. The van der Waals surface area contributed by atoms with Crippen molar-refractivity contribution in [1.82, 2.24) is 0 Å². The monoisotopic (exact) mass is 1430 g/mol. The van der Waals surface area contributed by atoms with Crippen molar-refractivity contribution in [2.24, 2.45) is 0 Å². The summed E-state index contributed by atoms with van der Waals surface area (Å²) < 4.78 is 121. The molecule has 3 saturated heterocycles. The van der Waals surface area contributed by atoms with E-state index in [2.05, 4.69) is 0 Å². The third-order valence-electron chi connectivity index (χ3n) is 16.0. The van der Waals surface area contributed by atoms with Crippen LogP contribution in [0.4, 0.5) is 0 Å². The Labute approximate surface area is 589 Å². The number of hydrogen-bond acceptors (Lipinski definition) is 30. The van der Waals surface area contributed by atoms with E-state index >= 15 is 0 Å². The molecular weight excluding hydrogens is 1360 g/mol. The number of methoxy groups -OCH3 is 5. The first kappa shape index (κ1) is 76.2. The lowest BCUT2D eigenvalue weighted by Gasteiger charge is -2.49. The van der Waals surface area contributed by atoms with Crippen LogP contribution < -0.4 is 18.9 Å². The van der Waals surface area contributed by atoms with Crippen LogP contribution in [-0.4, -0.2) is 207 Å². The van der Waals surface area contributed by atoms with Crippen LogP contribution in [0, 0.1) is 0 Å². The van der Waals surface area contributed by atoms with Gasteiger partial charge in [-0.2, -0.15) is 0 Å². The van der Waals surface area contributed by atoms with E-state index in [0.717, 1.165) is 34.8 Å². The minimum absolute atomic E-state index is 0.00471. The second kappa shape index (κ2) is 36.0. The summed E-state index contributed by atoms with van der Waals surface area (Å²) >= 11 is 0. The van der Waals surface area contributed by atoms with Gasteiger partial charge in [0.1, 0.15) is 60.6 Å². The second-order valence-corrected chi connectivity index (χ2v) is 22.9. The number of hydrogen-bond donors (Lipinski definition) is 0. The van der Waals surface area contributed by atoms with E-state index in [-0.39, 0.29) is 33.4 Å². The van der Waals surface area contributed by atoms with Gasteiger partial charge in [0.05, 0.1) is 68.4 Å². The van der Waals surface area contributed by atoms with Gasteiger partial charge < -0.3 is 94.7 Å². The quantitative estimate of drug-likeness (QED) is 0.0369. The van der Waals surface area contributed by atoms with E-state index in [1.54, 1.807) is 24.3 Å². The topological polar surface area (TPSA) is 355 Å². The summed E-state index contributed by atoms with van der Waals surface area (Å²) in [5.74, 6) is -8.86. The summed E-state index contributed by atoms with van der Waals surface area (Å²) in [4.78, 5) is 139.